The third kappa shape index (κ3) is 4.43. The van der Waals surface area contributed by atoms with Crippen molar-refractivity contribution in [1.29, 1.82) is 0 Å². The van der Waals surface area contributed by atoms with Crippen LogP contribution in [0.25, 0.3) is 0 Å². The van der Waals surface area contributed by atoms with E-state index in [1.165, 1.54) is 5.56 Å². The molecule has 0 radical (unpaired) electrons. The lowest BCUT2D eigenvalue weighted by Gasteiger charge is -2.05. The lowest BCUT2D eigenvalue weighted by Crippen LogP contribution is -2.12. The van der Waals surface area contributed by atoms with E-state index in [9.17, 15) is 4.79 Å². The van der Waals surface area contributed by atoms with Crippen molar-refractivity contribution in [2.45, 2.75) is 13.1 Å². The Bertz CT molecular complexity index is 863. The van der Waals surface area contributed by atoms with Gasteiger partial charge in [-0.1, -0.05) is 41.9 Å². The zero-order chi connectivity index (χ0) is 16.8. The number of ketones is 1. The van der Waals surface area contributed by atoms with E-state index in [-0.39, 0.29) is 5.78 Å². The molecule has 0 spiro atoms. The van der Waals surface area contributed by atoms with Crippen LogP contribution in [-0.2, 0) is 13.1 Å². The molecule has 1 heterocycles. The fraction of sp³-hybridized carbons (Fsp3) is 0.100. The first-order valence-electron chi connectivity index (χ1n) is 7.70. The summed E-state index contributed by atoms with van der Waals surface area (Å²) in [5.41, 5.74) is 1.83. The van der Waals surface area contributed by atoms with Crippen molar-refractivity contribution in [2.24, 2.45) is 4.99 Å². The van der Waals surface area contributed by atoms with Gasteiger partial charge in [0.25, 0.3) is 0 Å². The van der Waals surface area contributed by atoms with Crippen LogP contribution in [0.4, 0.5) is 0 Å². The molecule has 3 aromatic rings. The van der Waals surface area contributed by atoms with E-state index >= 15 is 0 Å². The first-order chi connectivity index (χ1) is 11.7. The molecule has 0 aliphatic carbocycles. The van der Waals surface area contributed by atoms with Crippen molar-refractivity contribution >= 4 is 17.4 Å². The Hall–Kier alpha value is -2.65. The van der Waals surface area contributed by atoms with Gasteiger partial charge >= 0.3 is 0 Å². The second-order valence-corrected chi connectivity index (χ2v) is 5.90. The Morgan fingerprint density at radius 3 is 2.25 bits per heavy atom. The summed E-state index contributed by atoms with van der Waals surface area (Å²) >= 11 is 5.84. The lowest BCUT2D eigenvalue weighted by atomic mass is 10.1. The second kappa shape index (κ2) is 7.75. The predicted octanol–water partition coefficient (Wildman–Crippen LogP) is 4.13. The van der Waals surface area contributed by atoms with Crippen molar-refractivity contribution in [2.75, 3.05) is 0 Å². The minimum atomic E-state index is 0.0469. The molecule has 2 aromatic carbocycles. The maximum absolute atomic E-state index is 12.2. The zero-order valence-corrected chi connectivity index (χ0v) is 13.9. The number of halogens is 1. The highest BCUT2D eigenvalue weighted by atomic mass is 35.5. The first kappa shape index (κ1) is 16.2. The quantitative estimate of drug-likeness (QED) is 0.645. The highest BCUT2D eigenvalue weighted by Crippen LogP contribution is 2.10. The number of benzene rings is 2. The lowest BCUT2D eigenvalue weighted by molar-refractivity contribution is 0.0972. The monoisotopic (exact) mass is 336 g/mol. The Kier molecular flexibility index (Phi) is 5.24. The number of rotatable bonds is 5. The van der Waals surface area contributed by atoms with E-state index in [1.807, 2.05) is 47.3 Å². The fourth-order valence-electron chi connectivity index (χ4n) is 2.32. The maximum atomic E-state index is 12.2. The molecule has 0 N–H and O–H groups in total. The molecule has 0 aliphatic rings. The predicted molar refractivity (Wildman–Crippen MR) is 95.9 cm³/mol. The molecule has 0 saturated heterocycles. The normalized spacial score (nSPS) is 10.4. The third-order valence-corrected chi connectivity index (χ3v) is 3.90. The van der Waals surface area contributed by atoms with Gasteiger partial charge in [-0.3, -0.25) is 9.79 Å². The van der Waals surface area contributed by atoms with Gasteiger partial charge in [-0.25, -0.2) is 0 Å². The average Bonchev–Trinajstić information content (AvgIpc) is 2.62. The SMILES string of the molecule is O=C(Cn1ccc(=NCc2ccccc2)cc1)c1ccc(Cl)cc1. The van der Waals surface area contributed by atoms with Crippen LogP contribution in [0.2, 0.25) is 5.02 Å². The Labute approximate surface area is 145 Å². The Morgan fingerprint density at radius 2 is 1.58 bits per heavy atom. The highest BCUT2D eigenvalue weighted by Gasteiger charge is 2.05. The molecule has 24 heavy (non-hydrogen) atoms. The van der Waals surface area contributed by atoms with Crippen LogP contribution in [0.1, 0.15) is 15.9 Å². The minimum Gasteiger partial charge on any atom is -0.346 e. The topological polar surface area (TPSA) is 34.4 Å². The van der Waals surface area contributed by atoms with Gasteiger partial charge in [0.15, 0.2) is 5.78 Å². The number of aromatic nitrogens is 1. The summed E-state index contributed by atoms with van der Waals surface area (Å²) in [6, 6.07) is 20.9. The molecule has 0 fully saturated rings. The molecule has 0 unspecified atom stereocenters. The highest BCUT2D eigenvalue weighted by molar-refractivity contribution is 6.30. The Morgan fingerprint density at radius 1 is 0.917 bits per heavy atom. The number of hydrogen-bond donors (Lipinski definition) is 0. The van der Waals surface area contributed by atoms with Crippen molar-refractivity contribution < 1.29 is 4.79 Å². The number of pyridine rings is 1. The maximum Gasteiger partial charge on any atom is 0.182 e. The molecule has 3 rings (SSSR count). The summed E-state index contributed by atoms with van der Waals surface area (Å²) in [6.45, 7) is 0.940. The molecule has 4 heteroatoms. The summed E-state index contributed by atoms with van der Waals surface area (Å²) in [7, 11) is 0. The smallest absolute Gasteiger partial charge is 0.182 e. The molecular formula is C20H17ClN2O. The molecule has 3 nitrogen and oxygen atoms in total. The molecule has 0 saturated carbocycles. The van der Waals surface area contributed by atoms with Crippen LogP contribution < -0.4 is 5.36 Å². The van der Waals surface area contributed by atoms with E-state index in [0.29, 0.717) is 23.7 Å². The van der Waals surface area contributed by atoms with E-state index in [1.54, 1.807) is 24.3 Å². The fourth-order valence-corrected chi connectivity index (χ4v) is 2.45. The van der Waals surface area contributed by atoms with E-state index in [4.69, 9.17) is 11.6 Å². The molecule has 0 atom stereocenters. The van der Waals surface area contributed by atoms with Crippen LogP contribution in [0.15, 0.2) is 84.1 Å². The number of carbonyl (C=O) groups is 1. The summed E-state index contributed by atoms with van der Waals surface area (Å²) < 4.78 is 1.85. The molecule has 0 aliphatic heterocycles. The molecule has 1 aromatic heterocycles. The summed E-state index contributed by atoms with van der Waals surface area (Å²) in [5, 5.41) is 1.53. The molecule has 0 amide bonds. The third-order valence-electron chi connectivity index (χ3n) is 3.65. The van der Waals surface area contributed by atoms with Crippen LogP contribution in [0.3, 0.4) is 0 Å². The Balaban J connectivity index is 1.66. The molecule has 120 valence electrons. The second-order valence-electron chi connectivity index (χ2n) is 5.46. The summed E-state index contributed by atoms with van der Waals surface area (Å²) in [5.74, 6) is 0.0469. The number of carbonyl (C=O) groups excluding carboxylic acids is 1. The average molecular weight is 337 g/mol. The first-order valence-corrected chi connectivity index (χ1v) is 8.08. The van der Waals surface area contributed by atoms with Crippen molar-refractivity contribution in [3.05, 3.63) is 101 Å². The van der Waals surface area contributed by atoms with Crippen molar-refractivity contribution in [3.8, 4) is 0 Å². The van der Waals surface area contributed by atoms with Crippen molar-refractivity contribution in [1.82, 2.24) is 4.57 Å². The minimum absolute atomic E-state index is 0.0469. The van der Waals surface area contributed by atoms with Crippen LogP contribution >= 0.6 is 11.6 Å². The van der Waals surface area contributed by atoms with Gasteiger partial charge in [0.2, 0.25) is 0 Å². The zero-order valence-electron chi connectivity index (χ0n) is 13.1. The van der Waals surface area contributed by atoms with Gasteiger partial charge in [-0.2, -0.15) is 0 Å². The van der Waals surface area contributed by atoms with Gasteiger partial charge in [-0.15, -0.1) is 0 Å². The standard InChI is InChI=1S/C20H17ClN2O/c21-18-8-6-17(7-9-18)20(24)15-23-12-10-19(11-13-23)22-14-16-4-2-1-3-5-16/h1-13H,14-15H2. The number of Topliss-reactive ketones (excluding diaryl/α,β-unsaturated/α-hetero) is 1. The van der Waals surface area contributed by atoms with Gasteiger partial charge in [0.05, 0.1) is 18.4 Å². The molecular weight excluding hydrogens is 320 g/mol. The van der Waals surface area contributed by atoms with Crippen LogP contribution in [0, 0.1) is 0 Å². The number of nitrogens with zero attached hydrogens (tertiary/aromatic N) is 2. The van der Waals surface area contributed by atoms with E-state index in [0.717, 1.165) is 5.36 Å². The van der Waals surface area contributed by atoms with E-state index in [2.05, 4.69) is 17.1 Å². The van der Waals surface area contributed by atoms with Gasteiger partial charge in [-0.05, 0) is 42.0 Å². The summed E-state index contributed by atoms with van der Waals surface area (Å²) in [4.78, 5) is 16.8. The van der Waals surface area contributed by atoms with E-state index < -0.39 is 0 Å². The van der Waals surface area contributed by atoms with Crippen LogP contribution in [0.5, 0.6) is 0 Å². The van der Waals surface area contributed by atoms with Crippen LogP contribution in [-0.4, -0.2) is 10.4 Å². The largest absolute Gasteiger partial charge is 0.346 e. The van der Waals surface area contributed by atoms with Gasteiger partial charge in [0.1, 0.15) is 0 Å². The van der Waals surface area contributed by atoms with Gasteiger partial charge in [0, 0.05) is 23.0 Å². The van der Waals surface area contributed by atoms with Gasteiger partial charge < -0.3 is 4.57 Å². The number of hydrogen-bond acceptors (Lipinski definition) is 2. The summed E-state index contributed by atoms with van der Waals surface area (Å²) in [6.07, 6.45) is 3.75. The molecule has 0 bridgehead atoms. The van der Waals surface area contributed by atoms with Crippen molar-refractivity contribution in [3.63, 3.8) is 0 Å².